The molecule has 0 atom stereocenters. The molecule has 0 amide bonds. The molecule has 0 nitrogen and oxygen atoms in total. The summed E-state index contributed by atoms with van der Waals surface area (Å²) >= 11 is 0. The predicted octanol–water partition coefficient (Wildman–Crippen LogP) is -3.17. The molecule has 0 unspecified atom stereocenters. The van der Waals surface area contributed by atoms with Crippen LogP contribution in [-0.2, 0) is 22.4 Å². The maximum absolute atomic E-state index is 0. The van der Waals surface area contributed by atoms with Crippen molar-refractivity contribution in [1.82, 2.24) is 0 Å². The first kappa shape index (κ1) is 33.1. The van der Waals surface area contributed by atoms with Crippen LogP contribution in [-0.4, -0.2) is 121 Å². The van der Waals surface area contributed by atoms with Gasteiger partial charge in [0.05, 0.1) is 0 Å². The zero-order valence-electron chi connectivity index (χ0n) is 5.13. The van der Waals surface area contributed by atoms with Gasteiger partial charge in [-0.15, -0.1) is 0 Å². The summed E-state index contributed by atoms with van der Waals surface area (Å²) in [5.74, 6) is 0. The number of rotatable bonds is 0. The second kappa shape index (κ2) is 23.3. The van der Waals surface area contributed by atoms with Crippen LogP contribution in [0.4, 0.5) is 0 Å². The molecular formula is H9AgPbSbSnSr. The molecule has 0 saturated carbocycles. The third-order valence-corrected chi connectivity index (χ3v) is 0. The molecule has 0 heterocycles. The fourth-order valence-corrected chi connectivity index (χ4v) is 0. The average molecular weight is 652 g/mol. The zero-order valence-corrected chi connectivity index (χ0v) is 21.7. The Labute approximate surface area is 142 Å². The molecule has 5 heavy (non-hydrogen) atoms. The smallest absolute Gasteiger partial charge is 2.00 e. The zero-order chi connectivity index (χ0) is 0. The maximum atomic E-state index is 0. The van der Waals surface area contributed by atoms with Crippen molar-refractivity contribution in [2.45, 2.75) is 0 Å². The van der Waals surface area contributed by atoms with Crippen LogP contribution in [0.25, 0.3) is 0 Å². The molecule has 35 valence electrons. The van der Waals surface area contributed by atoms with Crippen molar-refractivity contribution in [3.8, 4) is 0 Å². The number of hydrogen-bond acceptors (Lipinski definition) is 0. The molecule has 0 N–H and O–H groups in total. The molecule has 0 aliphatic heterocycles. The topological polar surface area (TPSA) is 0 Å². The average Bonchev–Trinajstić information content (AvgIpc) is 0. The van der Waals surface area contributed by atoms with Crippen LogP contribution in [0.3, 0.4) is 0 Å². The first-order chi connectivity index (χ1) is 0. The molecule has 5 heteroatoms. The van der Waals surface area contributed by atoms with E-state index >= 15 is 0 Å². The van der Waals surface area contributed by atoms with Crippen molar-refractivity contribution in [3.05, 3.63) is 0 Å². The molecule has 0 bridgehead atoms. The van der Waals surface area contributed by atoms with Crippen LogP contribution in [0, 0.1) is 0 Å². The Balaban J connectivity index is 0. The molecule has 0 aliphatic carbocycles. The normalized spacial score (nSPS) is 0. The van der Waals surface area contributed by atoms with E-state index in [0.29, 0.717) is 0 Å². The Bertz CT molecular complexity index is 17.7. The van der Waals surface area contributed by atoms with Crippen LogP contribution in [0.15, 0.2) is 0 Å². The van der Waals surface area contributed by atoms with Gasteiger partial charge in [-0.2, -0.15) is 0 Å². The summed E-state index contributed by atoms with van der Waals surface area (Å²) in [6.07, 6.45) is 0. The Kier molecular flexibility index (Phi) is 154. The van der Waals surface area contributed by atoms with Crippen LogP contribution in [0.1, 0.15) is 2.85 Å². The largest absolute Gasteiger partial charge is 2.00 e. The molecule has 0 fully saturated rings. The Morgan fingerprint density at radius 2 is 1.20 bits per heavy atom. The van der Waals surface area contributed by atoms with E-state index in [0.717, 1.165) is 0 Å². The van der Waals surface area contributed by atoms with Crippen LogP contribution in [0.2, 0.25) is 0 Å². The van der Waals surface area contributed by atoms with Gasteiger partial charge in [-0.05, 0) is 0 Å². The van der Waals surface area contributed by atoms with Crippen molar-refractivity contribution >= 4 is 121 Å². The van der Waals surface area contributed by atoms with Gasteiger partial charge in [0.2, 0.25) is 0 Å². The van der Waals surface area contributed by atoms with Crippen molar-refractivity contribution < 1.29 is 25.2 Å². The van der Waals surface area contributed by atoms with E-state index < -0.39 is 0 Å². The summed E-state index contributed by atoms with van der Waals surface area (Å²) < 4.78 is 0. The van der Waals surface area contributed by atoms with E-state index in [2.05, 4.69) is 0 Å². The minimum Gasteiger partial charge on any atom is 2.00 e. The van der Waals surface area contributed by atoms with E-state index in [-0.39, 0.29) is 146 Å². The predicted molar refractivity (Wildman–Crippen MR) is 35.0 cm³/mol. The summed E-state index contributed by atoms with van der Waals surface area (Å²) in [5.41, 5.74) is 0. The first-order valence-corrected chi connectivity index (χ1v) is 0. The fourth-order valence-electron chi connectivity index (χ4n) is 0. The number of hydrogen-bond donors (Lipinski definition) is 0. The SMILES string of the molecule is [Ag].[H-].[H-].[PbH2].[SbH3].[SnH2].[Sr+2]. The van der Waals surface area contributed by atoms with Gasteiger partial charge in [-0.3, -0.25) is 0 Å². The van der Waals surface area contributed by atoms with Gasteiger partial charge in [-0.1, -0.05) is 0 Å². The summed E-state index contributed by atoms with van der Waals surface area (Å²) in [6, 6.07) is 0. The van der Waals surface area contributed by atoms with Crippen molar-refractivity contribution in [1.29, 1.82) is 0 Å². The standard InChI is InChI=1S/Ag.Pb.Sb.Sn.Sr.9H/q;;;;+2;;;;;;;;2*-1. The van der Waals surface area contributed by atoms with Gasteiger partial charge >= 0.3 is 121 Å². The first-order valence-electron chi connectivity index (χ1n) is 0. The van der Waals surface area contributed by atoms with Crippen LogP contribution >= 0.6 is 0 Å². The molecule has 0 rings (SSSR count). The molecule has 5 radical (unpaired) electrons. The van der Waals surface area contributed by atoms with Crippen molar-refractivity contribution in [2.24, 2.45) is 0 Å². The molecule has 0 aliphatic rings. The van der Waals surface area contributed by atoms with E-state index in [1.807, 2.05) is 0 Å². The van der Waals surface area contributed by atoms with E-state index in [4.69, 9.17) is 0 Å². The Morgan fingerprint density at radius 3 is 1.20 bits per heavy atom. The monoisotopic (exact) mass is 653 g/mol. The van der Waals surface area contributed by atoms with Gasteiger partial charge in [-0.25, -0.2) is 0 Å². The van der Waals surface area contributed by atoms with Gasteiger partial charge in [0.15, 0.2) is 0 Å². The Hall–Kier alpha value is 4.76. The van der Waals surface area contributed by atoms with E-state index in [1.165, 1.54) is 0 Å². The second-order valence-electron chi connectivity index (χ2n) is 0. The summed E-state index contributed by atoms with van der Waals surface area (Å²) in [5, 5.41) is 0. The minimum atomic E-state index is 0. The van der Waals surface area contributed by atoms with Gasteiger partial charge < -0.3 is 2.85 Å². The van der Waals surface area contributed by atoms with Crippen molar-refractivity contribution in [3.63, 3.8) is 0 Å². The fraction of sp³-hybridized carbons (Fsp3) is 0. The van der Waals surface area contributed by atoms with Gasteiger partial charge in [0.25, 0.3) is 0 Å². The summed E-state index contributed by atoms with van der Waals surface area (Å²) in [7, 11) is 0. The molecule has 0 spiro atoms. The molecule has 0 aromatic heterocycles. The molecule has 0 saturated heterocycles. The quantitative estimate of drug-likeness (QED) is 0.243. The third-order valence-electron chi connectivity index (χ3n) is 0. The van der Waals surface area contributed by atoms with Gasteiger partial charge in [0.1, 0.15) is 0 Å². The van der Waals surface area contributed by atoms with Crippen LogP contribution in [0.5, 0.6) is 0 Å². The summed E-state index contributed by atoms with van der Waals surface area (Å²) in [4.78, 5) is 0. The van der Waals surface area contributed by atoms with E-state index in [9.17, 15) is 0 Å². The molecule has 0 aromatic carbocycles. The van der Waals surface area contributed by atoms with Crippen LogP contribution < -0.4 is 0 Å². The second-order valence-corrected chi connectivity index (χ2v) is 0. The summed E-state index contributed by atoms with van der Waals surface area (Å²) in [6.45, 7) is 0. The van der Waals surface area contributed by atoms with E-state index in [1.54, 1.807) is 0 Å². The minimum absolute atomic E-state index is 0. The van der Waals surface area contributed by atoms with Gasteiger partial charge in [0, 0.05) is 22.4 Å². The maximum Gasteiger partial charge on any atom is 2.00 e. The molecule has 0 aromatic rings. The third kappa shape index (κ3) is 17.7. The Morgan fingerprint density at radius 1 is 1.20 bits per heavy atom. The van der Waals surface area contributed by atoms with Crippen molar-refractivity contribution in [2.75, 3.05) is 0 Å². The molecular weight excluding hydrogens is 643 g/mol.